The zero-order chi connectivity index (χ0) is 8.10. The summed E-state index contributed by atoms with van der Waals surface area (Å²) in [7, 11) is 0. The number of rotatable bonds is 3. The molecule has 0 aromatic heterocycles. The van der Waals surface area contributed by atoms with Gasteiger partial charge in [0.15, 0.2) is 0 Å². The zero-order valence-corrected chi connectivity index (χ0v) is 6.66. The Morgan fingerprint density at radius 3 is 2.42 bits per heavy atom. The normalized spacial score (nSPS) is 8.33. The van der Waals surface area contributed by atoms with E-state index in [0.29, 0.717) is 0 Å². The van der Waals surface area contributed by atoms with Crippen molar-refractivity contribution in [3.63, 3.8) is 0 Å². The number of nitrogens with one attached hydrogen (secondary N) is 1. The SMILES string of the molecule is N.O=C(O)CNc1ccccc1. The topological polar surface area (TPSA) is 84.3 Å². The molecule has 1 aromatic rings. The molecule has 5 N–H and O–H groups in total. The van der Waals surface area contributed by atoms with Crippen molar-refractivity contribution < 1.29 is 9.90 Å². The molecule has 0 aliphatic heterocycles. The molecule has 0 heterocycles. The van der Waals surface area contributed by atoms with Crippen LogP contribution in [0.2, 0.25) is 0 Å². The van der Waals surface area contributed by atoms with E-state index < -0.39 is 5.97 Å². The second-order valence-corrected chi connectivity index (χ2v) is 2.11. The van der Waals surface area contributed by atoms with Crippen molar-refractivity contribution in [1.29, 1.82) is 0 Å². The third kappa shape index (κ3) is 3.58. The summed E-state index contributed by atoms with van der Waals surface area (Å²) >= 11 is 0. The first-order valence-electron chi connectivity index (χ1n) is 3.30. The third-order valence-corrected chi connectivity index (χ3v) is 1.22. The van der Waals surface area contributed by atoms with Crippen LogP contribution in [0.25, 0.3) is 0 Å². The molecular formula is C8H12N2O2. The van der Waals surface area contributed by atoms with Gasteiger partial charge in [0.2, 0.25) is 0 Å². The van der Waals surface area contributed by atoms with Crippen LogP contribution in [0.4, 0.5) is 5.69 Å². The number of carbonyl (C=O) groups is 1. The predicted octanol–water partition coefficient (Wildman–Crippen LogP) is 1.35. The number of hydrogen-bond acceptors (Lipinski definition) is 3. The fraction of sp³-hybridized carbons (Fsp3) is 0.125. The van der Waals surface area contributed by atoms with Crippen LogP contribution in [0.15, 0.2) is 30.3 Å². The third-order valence-electron chi connectivity index (χ3n) is 1.22. The number of benzene rings is 1. The molecule has 4 nitrogen and oxygen atoms in total. The lowest BCUT2D eigenvalue weighted by Crippen LogP contribution is -2.11. The molecular weight excluding hydrogens is 156 g/mol. The molecule has 4 heteroatoms. The van der Waals surface area contributed by atoms with Crippen molar-refractivity contribution in [2.45, 2.75) is 0 Å². The van der Waals surface area contributed by atoms with Crippen LogP contribution >= 0.6 is 0 Å². The molecule has 0 spiro atoms. The minimum absolute atomic E-state index is 0. The maximum absolute atomic E-state index is 10.1. The Bertz CT molecular complexity index is 236. The first-order valence-corrected chi connectivity index (χ1v) is 3.30. The van der Waals surface area contributed by atoms with E-state index >= 15 is 0 Å². The summed E-state index contributed by atoms with van der Waals surface area (Å²) in [5, 5.41) is 11.1. The average molecular weight is 168 g/mol. The number of hydrogen-bond donors (Lipinski definition) is 3. The monoisotopic (exact) mass is 168 g/mol. The Labute approximate surface area is 70.8 Å². The van der Waals surface area contributed by atoms with Crippen LogP contribution in [0.1, 0.15) is 0 Å². The lowest BCUT2D eigenvalue weighted by molar-refractivity contribution is -0.134. The van der Waals surface area contributed by atoms with Crippen molar-refractivity contribution in [3.8, 4) is 0 Å². The minimum Gasteiger partial charge on any atom is -0.480 e. The predicted molar refractivity (Wildman–Crippen MR) is 47.6 cm³/mol. The molecule has 66 valence electrons. The van der Waals surface area contributed by atoms with Crippen LogP contribution in [0.3, 0.4) is 0 Å². The molecule has 0 atom stereocenters. The molecule has 0 saturated carbocycles. The molecule has 1 rings (SSSR count). The van der Waals surface area contributed by atoms with Gasteiger partial charge in [0.25, 0.3) is 0 Å². The molecule has 1 aromatic carbocycles. The van der Waals surface area contributed by atoms with E-state index in [9.17, 15) is 4.79 Å². The highest BCUT2D eigenvalue weighted by Crippen LogP contribution is 2.03. The second-order valence-electron chi connectivity index (χ2n) is 2.11. The smallest absolute Gasteiger partial charge is 0.322 e. The summed E-state index contributed by atoms with van der Waals surface area (Å²) in [4.78, 5) is 10.1. The number of aliphatic carboxylic acids is 1. The summed E-state index contributed by atoms with van der Waals surface area (Å²) in [6.45, 7) is -0.0377. The van der Waals surface area contributed by atoms with Gasteiger partial charge in [-0.25, -0.2) is 0 Å². The van der Waals surface area contributed by atoms with E-state index in [4.69, 9.17) is 5.11 Å². The average Bonchev–Trinajstić information content (AvgIpc) is 2.03. The van der Waals surface area contributed by atoms with Crippen LogP contribution in [0, 0.1) is 0 Å². The quantitative estimate of drug-likeness (QED) is 0.636. The second kappa shape index (κ2) is 5.15. The Morgan fingerprint density at radius 1 is 1.33 bits per heavy atom. The van der Waals surface area contributed by atoms with Gasteiger partial charge in [0, 0.05) is 5.69 Å². The van der Waals surface area contributed by atoms with Gasteiger partial charge in [-0.1, -0.05) is 18.2 Å². The van der Waals surface area contributed by atoms with Gasteiger partial charge in [-0.2, -0.15) is 0 Å². The Kier molecular flexibility index (Phi) is 4.48. The fourth-order valence-electron chi connectivity index (χ4n) is 0.734. The number of para-hydroxylation sites is 1. The van der Waals surface area contributed by atoms with E-state index in [0.717, 1.165) is 5.69 Å². The van der Waals surface area contributed by atoms with Gasteiger partial charge in [-0.15, -0.1) is 0 Å². The highest BCUT2D eigenvalue weighted by Gasteiger charge is 1.93. The number of anilines is 1. The van der Waals surface area contributed by atoms with E-state index in [1.807, 2.05) is 30.3 Å². The van der Waals surface area contributed by atoms with Crippen molar-refractivity contribution in [2.24, 2.45) is 0 Å². The Hall–Kier alpha value is -1.55. The maximum atomic E-state index is 10.1. The van der Waals surface area contributed by atoms with Gasteiger partial charge in [-0.3, -0.25) is 4.79 Å². The first-order chi connectivity index (χ1) is 5.29. The lowest BCUT2D eigenvalue weighted by Gasteiger charge is -2.00. The Morgan fingerprint density at radius 2 is 1.92 bits per heavy atom. The molecule has 0 aliphatic carbocycles. The molecule has 0 aliphatic rings. The van der Waals surface area contributed by atoms with Crippen LogP contribution in [0.5, 0.6) is 0 Å². The lowest BCUT2D eigenvalue weighted by atomic mass is 10.3. The Balaban J connectivity index is 0.00000121. The molecule has 0 bridgehead atoms. The number of carboxylic acids is 1. The van der Waals surface area contributed by atoms with Crippen LogP contribution < -0.4 is 11.5 Å². The number of carboxylic acid groups (broad SMARTS) is 1. The highest BCUT2D eigenvalue weighted by molar-refractivity contribution is 5.72. The largest absolute Gasteiger partial charge is 0.480 e. The zero-order valence-electron chi connectivity index (χ0n) is 6.66. The summed E-state index contributed by atoms with van der Waals surface area (Å²) in [6, 6.07) is 9.23. The fourth-order valence-corrected chi connectivity index (χ4v) is 0.734. The van der Waals surface area contributed by atoms with Gasteiger partial charge >= 0.3 is 5.97 Å². The molecule has 12 heavy (non-hydrogen) atoms. The summed E-state index contributed by atoms with van der Waals surface area (Å²) in [6.07, 6.45) is 0. The van der Waals surface area contributed by atoms with Crippen molar-refractivity contribution >= 4 is 11.7 Å². The molecule has 0 unspecified atom stereocenters. The summed E-state index contributed by atoms with van der Waals surface area (Å²) in [5.41, 5.74) is 0.829. The standard InChI is InChI=1S/C8H9NO2.H3N/c10-8(11)6-9-7-4-2-1-3-5-7;/h1-5,9H,6H2,(H,10,11);1H3. The van der Waals surface area contributed by atoms with Gasteiger partial charge < -0.3 is 16.6 Å². The molecule has 0 fully saturated rings. The van der Waals surface area contributed by atoms with E-state index in [2.05, 4.69) is 5.32 Å². The van der Waals surface area contributed by atoms with Gasteiger partial charge in [0.1, 0.15) is 6.54 Å². The van der Waals surface area contributed by atoms with Crippen molar-refractivity contribution in [1.82, 2.24) is 6.15 Å². The van der Waals surface area contributed by atoms with Crippen LogP contribution in [-0.4, -0.2) is 17.6 Å². The molecule has 0 saturated heterocycles. The van der Waals surface area contributed by atoms with Crippen LogP contribution in [-0.2, 0) is 4.79 Å². The first kappa shape index (κ1) is 10.4. The van der Waals surface area contributed by atoms with Gasteiger partial charge in [0.05, 0.1) is 0 Å². The van der Waals surface area contributed by atoms with E-state index in [1.54, 1.807) is 0 Å². The summed E-state index contributed by atoms with van der Waals surface area (Å²) < 4.78 is 0. The minimum atomic E-state index is -0.853. The van der Waals surface area contributed by atoms with Gasteiger partial charge in [-0.05, 0) is 12.1 Å². The molecule has 0 radical (unpaired) electrons. The maximum Gasteiger partial charge on any atom is 0.322 e. The van der Waals surface area contributed by atoms with E-state index in [-0.39, 0.29) is 12.7 Å². The van der Waals surface area contributed by atoms with Crippen molar-refractivity contribution in [2.75, 3.05) is 11.9 Å². The molecule has 0 amide bonds. The van der Waals surface area contributed by atoms with Crippen molar-refractivity contribution in [3.05, 3.63) is 30.3 Å². The van der Waals surface area contributed by atoms with E-state index in [1.165, 1.54) is 0 Å². The summed E-state index contributed by atoms with van der Waals surface area (Å²) in [5.74, 6) is -0.853. The highest BCUT2D eigenvalue weighted by atomic mass is 16.4.